The first-order valence-electron chi connectivity index (χ1n) is 6.50. The molecule has 0 saturated carbocycles. The molecule has 108 valence electrons. The summed E-state index contributed by atoms with van der Waals surface area (Å²) in [6.45, 7) is 0.665. The van der Waals surface area contributed by atoms with Gasteiger partial charge in [0.15, 0.2) is 0 Å². The predicted octanol–water partition coefficient (Wildman–Crippen LogP) is 5.10. The van der Waals surface area contributed by atoms with E-state index in [1.54, 1.807) is 13.2 Å². The molecular weight excluding hydrogens is 307 g/mol. The van der Waals surface area contributed by atoms with Crippen molar-refractivity contribution >= 4 is 39.8 Å². The van der Waals surface area contributed by atoms with Crippen molar-refractivity contribution in [3.63, 3.8) is 0 Å². The lowest BCUT2D eigenvalue weighted by molar-refractivity contribution is 0.416. The second-order valence-corrected chi connectivity index (χ2v) is 5.57. The number of anilines is 1. The number of aromatic amines is 1. The maximum Gasteiger partial charge on any atom is 0.142 e. The van der Waals surface area contributed by atoms with Gasteiger partial charge in [0.25, 0.3) is 0 Å². The monoisotopic (exact) mass is 320 g/mol. The van der Waals surface area contributed by atoms with Crippen LogP contribution in [0.1, 0.15) is 5.56 Å². The summed E-state index contributed by atoms with van der Waals surface area (Å²) < 4.78 is 5.33. The number of hydrogen-bond acceptors (Lipinski definition) is 2. The van der Waals surface area contributed by atoms with Gasteiger partial charge in [-0.15, -0.1) is 0 Å². The van der Waals surface area contributed by atoms with Crippen LogP contribution < -0.4 is 10.1 Å². The summed E-state index contributed by atoms with van der Waals surface area (Å²) in [5.41, 5.74) is 3.05. The molecule has 0 spiro atoms. The summed E-state index contributed by atoms with van der Waals surface area (Å²) in [5, 5.41) is 5.89. The molecule has 2 aromatic carbocycles. The highest BCUT2D eigenvalue weighted by molar-refractivity contribution is 6.31. The first kappa shape index (κ1) is 14.1. The number of aromatic nitrogens is 1. The number of nitrogens with one attached hydrogen (secondary N) is 2. The zero-order chi connectivity index (χ0) is 14.8. The Hall–Kier alpha value is -1.84. The number of methoxy groups -OCH3 is 1. The minimum atomic E-state index is 0.665. The van der Waals surface area contributed by atoms with Crippen LogP contribution in [-0.2, 0) is 6.54 Å². The Kier molecular flexibility index (Phi) is 3.95. The number of fused-ring (bicyclic) bond motifs is 1. The highest BCUT2D eigenvalue weighted by Gasteiger charge is 2.07. The van der Waals surface area contributed by atoms with Crippen LogP contribution in [0.5, 0.6) is 5.75 Å². The minimum absolute atomic E-state index is 0.665. The third-order valence-corrected chi connectivity index (χ3v) is 3.83. The van der Waals surface area contributed by atoms with E-state index in [-0.39, 0.29) is 0 Å². The molecule has 0 unspecified atom stereocenters. The summed E-state index contributed by atoms with van der Waals surface area (Å²) in [7, 11) is 1.64. The summed E-state index contributed by atoms with van der Waals surface area (Å²) >= 11 is 12.0. The third-order valence-electron chi connectivity index (χ3n) is 3.36. The predicted molar refractivity (Wildman–Crippen MR) is 88.6 cm³/mol. The van der Waals surface area contributed by atoms with Crippen LogP contribution in [0.2, 0.25) is 10.0 Å². The Bertz CT molecular complexity index is 783. The standard InChI is InChI=1S/C16H14Cl2N2O/c1-21-16-5-3-12(18)7-15(16)20-9-10-8-19-14-6-11(17)2-4-13(10)14/h2-8,19-20H,9H2,1H3. The maximum absolute atomic E-state index is 6.03. The molecule has 5 heteroatoms. The average molecular weight is 321 g/mol. The summed E-state index contributed by atoms with van der Waals surface area (Å²) in [5.74, 6) is 0.766. The second-order valence-electron chi connectivity index (χ2n) is 4.70. The Balaban J connectivity index is 1.85. The Morgan fingerprint density at radius 1 is 1.10 bits per heavy atom. The molecule has 21 heavy (non-hydrogen) atoms. The van der Waals surface area contributed by atoms with Gasteiger partial charge in [0.1, 0.15) is 5.75 Å². The van der Waals surface area contributed by atoms with E-state index in [0.717, 1.165) is 32.9 Å². The molecule has 0 bridgehead atoms. The molecule has 0 aliphatic rings. The first-order chi connectivity index (χ1) is 10.2. The molecule has 3 aromatic rings. The lowest BCUT2D eigenvalue weighted by Gasteiger charge is -2.11. The maximum atomic E-state index is 6.03. The second kappa shape index (κ2) is 5.88. The fourth-order valence-corrected chi connectivity index (χ4v) is 2.66. The van der Waals surface area contributed by atoms with Crippen LogP contribution in [0.4, 0.5) is 5.69 Å². The highest BCUT2D eigenvalue weighted by atomic mass is 35.5. The van der Waals surface area contributed by atoms with Gasteiger partial charge in [-0.1, -0.05) is 29.3 Å². The van der Waals surface area contributed by atoms with Gasteiger partial charge >= 0.3 is 0 Å². The van der Waals surface area contributed by atoms with E-state index >= 15 is 0 Å². The van der Waals surface area contributed by atoms with Crippen molar-refractivity contribution in [1.82, 2.24) is 4.98 Å². The molecular formula is C16H14Cl2N2O. The van der Waals surface area contributed by atoms with Crippen LogP contribution in [0.3, 0.4) is 0 Å². The van der Waals surface area contributed by atoms with Crippen molar-refractivity contribution < 1.29 is 4.74 Å². The van der Waals surface area contributed by atoms with Gasteiger partial charge in [-0.2, -0.15) is 0 Å². The smallest absolute Gasteiger partial charge is 0.142 e. The number of H-pyrrole nitrogens is 1. The minimum Gasteiger partial charge on any atom is -0.495 e. The van der Waals surface area contributed by atoms with E-state index in [4.69, 9.17) is 27.9 Å². The van der Waals surface area contributed by atoms with Gasteiger partial charge in [-0.05, 0) is 35.9 Å². The lowest BCUT2D eigenvalue weighted by Crippen LogP contribution is -2.00. The number of halogens is 2. The van der Waals surface area contributed by atoms with Gasteiger partial charge in [-0.3, -0.25) is 0 Å². The normalized spacial score (nSPS) is 10.8. The third kappa shape index (κ3) is 2.94. The van der Waals surface area contributed by atoms with Gasteiger partial charge < -0.3 is 15.0 Å². The quantitative estimate of drug-likeness (QED) is 0.702. The molecule has 0 radical (unpaired) electrons. The molecule has 3 nitrogen and oxygen atoms in total. The molecule has 3 rings (SSSR count). The summed E-state index contributed by atoms with van der Waals surface area (Å²) in [4.78, 5) is 3.22. The lowest BCUT2D eigenvalue weighted by atomic mass is 10.1. The number of benzene rings is 2. The summed E-state index contributed by atoms with van der Waals surface area (Å²) in [6, 6.07) is 11.3. The van der Waals surface area contributed by atoms with Crippen LogP contribution in [0.25, 0.3) is 10.9 Å². The Morgan fingerprint density at radius 2 is 1.86 bits per heavy atom. The van der Waals surface area contributed by atoms with Gasteiger partial charge in [0.05, 0.1) is 12.8 Å². The molecule has 0 aliphatic carbocycles. The molecule has 0 amide bonds. The molecule has 0 fully saturated rings. The van der Waals surface area contributed by atoms with Crippen molar-refractivity contribution in [2.75, 3.05) is 12.4 Å². The van der Waals surface area contributed by atoms with E-state index in [2.05, 4.69) is 10.3 Å². The van der Waals surface area contributed by atoms with Crippen molar-refractivity contribution in [1.29, 1.82) is 0 Å². The molecule has 1 aromatic heterocycles. The van der Waals surface area contributed by atoms with Gasteiger partial charge in [0.2, 0.25) is 0 Å². The van der Waals surface area contributed by atoms with Crippen LogP contribution in [-0.4, -0.2) is 12.1 Å². The van der Waals surface area contributed by atoms with Crippen LogP contribution >= 0.6 is 23.2 Å². The molecule has 0 atom stereocenters. The highest BCUT2D eigenvalue weighted by Crippen LogP contribution is 2.29. The van der Waals surface area contributed by atoms with Crippen molar-refractivity contribution in [2.24, 2.45) is 0 Å². The first-order valence-corrected chi connectivity index (χ1v) is 7.26. The Labute approximate surface area is 132 Å². The van der Waals surface area contributed by atoms with Crippen LogP contribution in [0, 0.1) is 0 Å². The number of ether oxygens (including phenoxy) is 1. The molecule has 0 aliphatic heterocycles. The van der Waals surface area contributed by atoms with Crippen LogP contribution in [0.15, 0.2) is 42.6 Å². The van der Waals surface area contributed by atoms with Gasteiger partial charge in [0, 0.05) is 33.7 Å². The molecule has 2 N–H and O–H groups in total. The van der Waals surface area contributed by atoms with Crippen molar-refractivity contribution in [3.8, 4) is 5.75 Å². The zero-order valence-electron chi connectivity index (χ0n) is 11.4. The number of hydrogen-bond donors (Lipinski definition) is 2. The Morgan fingerprint density at radius 3 is 2.67 bits per heavy atom. The SMILES string of the molecule is COc1ccc(Cl)cc1NCc1c[nH]c2cc(Cl)ccc12. The number of rotatable bonds is 4. The van der Waals surface area contributed by atoms with Crippen molar-refractivity contribution in [3.05, 3.63) is 58.2 Å². The van der Waals surface area contributed by atoms with E-state index in [1.807, 2.05) is 36.5 Å². The van der Waals surface area contributed by atoms with Gasteiger partial charge in [-0.25, -0.2) is 0 Å². The van der Waals surface area contributed by atoms with E-state index in [9.17, 15) is 0 Å². The van der Waals surface area contributed by atoms with E-state index < -0.39 is 0 Å². The fraction of sp³-hybridized carbons (Fsp3) is 0.125. The average Bonchev–Trinajstić information content (AvgIpc) is 2.87. The molecule has 1 heterocycles. The van der Waals surface area contributed by atoms with E-state index in [0.29, 0.717) is 11.6 Å². The fourth-order valence-electron chi connectivity index (χ4n) is 2.31. The summed E-state index contributed by atoms with van der Waals surface area (Å²) in [6.07, 6.45) is 1.98. The topological polar surface area (TPSA) is 37.0 Å². The van der Waals surface area contributed by atoms with Crippen molar-refractivity contribution in [2.45, 2.75) is 6.54 Å². The molecule has 0 saturated heterocycles. The zero-order valence-corrected chi connectivity index (χ0v) is 12.9. The largest absolute Gasteiger partial charge is 0.495 e. The van der Waals surface area contributed by atoms with E-state index in [1.165, 1.54) is 0 Å².